The van der Waals surface area contributed by atoms with Crippen molar-refractivity contribution in [2.45, 2.75) is 31.6 Å². The van der Waals surface area contributed by atoms with E-state index >= 15 is 0 Å². The Morgan fingerprint density at radius 2 is 2.19 bits per heavy atom. The van der Waals surface area contributed by atoms with E-state index in [4.69, 9.17) is 5.73 Å². The molecule has 0 heterocycles. The van der Waals surface area contributed by atoms with Crippen LogP contribution in [0.2, 0.25) is 0 Å². The van der Waals surface area contributed by atoms with E-state index in [2.05, 4.69) is 29.8 Å². The van der Waals surface area contributed by atoms with E-state index < -0.39 is 0 Å². The summed E-state index contributed by atoms with van der Waals surface area (Å²) >= 11 is 5.12. The summed E-state index contributed by atoms with van der Waals surface area (Å²) in [5, 5.41) is 0.571. The molecule has 0 aromatic heterocycles. The van der Waals surface area contributed by atoms with E-state index in [1.807, 2.05) is 0 Å². The zero-order valence-electron chi connectivity index (χ0n) is 9.54. The molecule has 0 fully saturated rings. The largest absolute Gasteiger partial charge is 0.323 e. The van der Waals surface area contributed by atoms with Gasteiger partial charge in [0.25, 0.3) is 0 Å². The predicted octanol–water partition coefficient (Wildman–Crippen LogP) is 4.12. The summed E-state index contributed by atoms with van der Waals surface area (Å²) < 4.78 is 14.4. The summed E-state index contributed by atoms with van der Waals surface area (Å²) in [7, 11) is 0. The molecule has 0 amide bonds. The molecule has 4 heteroatoms. The van der Waals surface area contributed by atoms with Crippen molar-refractivity contribution in [2.24, 2.45) is 5.73 Å². The SMILES string of the molecule is CCC(C)SCC(N)c1cc(Br)ccc1F. The molecule has 1 rings (SSSR count). The number of hydrogen-bond acceptors (Lipinski definition) is 2. The van der Waals surface area contributed by atoms with Crippen LogP contribution < -0.4 is 5.73 Å². The van der Waals surface area contributed by atoms with Crippen LogP contribution in [0.4, 0.5) is 4.39 Å². The van der Waals surface area contributed by atoms with Gasteiger partial charge < -0.3 is 5.73 Å². The molecular formula is C12H17BrFNS. The van der Waals surface area contributed by atoms with Crippen molar-refractivity contribution in [3.8, 4) is 0 Å². The van der Waals surface area contributed by atoms with Crippen LogP contribution >= 0.6 is 27.7 Å². The van der Waals surface area contributed by atoms with E-state index in [9.17, 15) is 4.39 Å². The minimum absolute atomic E-state index is 0.222. The van der Waals surface area contributed by atoms with Crippen LogP contribution in [0, 0.1) is 5.82 Å². The highest BCUT2D eigenvalue weighted by molar-refractivity contribution is 9.10. The van der Waals surface area contributed by atoms with E-state index in [-0.39, 0.29) is 11.9 Å². The molecule has 2 atom stereocenters. The standard InChI is InChI=1S/C12H17BrFNS/c1-3-8(2)16-7-12(15)10-6-9(13)4-5-11(10)14/h4-6,8,12H,3,7,15H2,1-2H3. The minimum atomic E-state index is -0.239. The molecule has 0 aliphatic carbocycles. The van der Waals surface area contributed by atoms with Gasteiger partial charge in [-0.25, -0.2) is 4.39 Å². The van der Waals surface area contributed by atoms with Gasteiger partial charge in [0.1, 0.15) is 5.82 Å². The summed E-state index contributed by atoms with van der Waals surface area (Å²) in [4.78, 5) is 0. The van der Waals surface area contributed by atoms with Crippen LogP contribution in [0.3, 0.4) is 0 Å². The lowest BCUT2D eigenvalue weighted by atomic mass is 10.1. The maximum atomic E-state index is 13.5. The third-order valence-electron chi connectivity index (χ3n) is 2.49. The monoisotopic (exact) mass is 305 g/mol. The Hall–Kier alpha value is -0.0600. The Kier molecular flexibility index (Phi) is 5.79. The maximum Gasteiger partial charge on any atom is 0.128 e. The fourth-order valence-corrected chi connectivity index (χ4v) is 2.60. The smallest absolute Gasteiger partial charge is 0.128 e. The highest BCUT2D eigenvalue weighted by Crippen LogP contribution is 2.25. The van der Waals surface area contributed by atoms with Crippen molar-refractivity contribution in [3.63, 3.8) is 0 Å². The van der Waals surface area contributed by atoms with Gasteiger partial charge in [-0.05, 0) is 24.6 Å². The third-order valence-corrected chi connectivity index (χ3v) is 4.44. The molecule has 0 spiro atoms. The van der Waals surface area contributed by atoms with Gasteiger partial charge in [0, 0.05) is 27.1 Å². The molecule has 90 valence electrons. The van der Waals surface area contributed by atoms with Gasteiger partial charge in [-0.3, -0.25) is 0 Å². The van der Waals surface area contributed by atoms with Gasteiger partial charge in [-0.1, -0.05) is 29.8 Å². The topological polar surface area (TPSA) is 26.0 Å². The third kappa shape index (κ3) is 4.07. The van der Waals surface area contributed by atoms with Gasteiger partial charge in [0.05, 0.1) is 0 Å². The van der Waals surface area contributed by atoms with Crippen LogP contribution in [0.15, 0.2) is 22.7 Å². The second kappa shape index (κ2) is 6.62. The predicted molar refractivity (Wildman–Crippen MR) is 73.2 cm³/mol. The van der Waals surface area contributed by atoms with Crippen LogP contribution in [0.25, 0.3) is 0 Å². The van der Waals surface area contributed by atoms with Crippen LogP contribution in [-0.4, -0.2) is 11.0 Å². The highest BCUT2D eigenvalue weighted by atomic mass is 79.9. The molecule has 0 saturated carbocycles. The van der Waals surface area contributed by atoms with E-state index in [0.717, 1.165) is 16.6 Å². The Morgan fingerprint density at radius 1 is 1.50 bits per heavy atom. The maximum absolute atomic E-state index is 13.5. The fraction of sp³-hybridized carbons (Fsp3) is 0.500. The van der Waals surface area contributed by atoms with Gasteiger partial charge in [0.2, 0.25) is 0 Å². The van der Waals surface area contributed by atoms with Crippen molar-refractivity contribution < 1.29 is 4.39 Å². The summed E-state index contributed by atoms with van der Waals surface area (Å²) in [6.07, 6.45) is 1.11. The molecule has 0 radical (unpaired) electrons. The lowest BCUT2D eigenvalue weighted by molar-refractivity contribution is 0.594. The second-order valence-corrected chi connectivity index (χ2v) is 6.21. The number of hydrogen-bond donors (Lipinski definition) is 1. The van der Waals surface area contributed by atoms with Crippen molar-refractivity contribution in [3.05, 3.63) is 34.1 Å². The minimum Gasteiger partial charge on any atom is -0.323 e. The molecule has 2 N–H and O–H groups in total. The van der Waals surface area contributed by atoms with Crippen molar-refractivity contribution in [1.82, 2.24) is 0 Å². The number of rotatable bonds is 5. The van der Waals surface area contributed by atoms with E-state index in [1.54, 1.807) is 23.9 Å². The summed E-state index contributed by atoms with van der Waals surface area (Å²) in [5.74, 6) is 0.531. The average molecular weight is 306 g/mol. The molecule has 0 bridgehead atoms. The first-order valence-electron chi connectivity index (χ1n) is 5.36. The first-order valence-corrected chi connectivity index (χ1v) is 7.21. The van der Waals surface area contributed by atoms with E-state index in [0.29, 0.717) is 10.8 Å². The summed E-state index contributed by atoms with van der Waals surface area (Å²) in [6.45, 7) is 4.30. The molecule has 16 heavy (non-hydrogen) atoms. The number of nitrogens with two attached hydrogens (primary N) is 1. The van der Waals surface area contributed by atoms with Gasteiger partial charge in [-0.15, -0.1) is 0 Å². The fourth-order valence-electron chi connectivity index (χ4n) is 1.27. The lowest BCUT2D eigenvalue weighted by Crippen LogP contribution is -2.16. The first-order chi connectivity index (χ1) is 7.54. The molecule has 2 unspecified atom stereocenters. The van der Waals surface area contributed by atoms with Gasteiger partial charge in [0.15, 0.2) is 0 Å². The average Bonchev–Trinajstić information content (AvgIpc) is 2.28. The van der Waals surface area contributed by atoms with E-state index in [1.165, 1.54) is 6.07 Å². The number of halogens is 2. The second-order valence-electron chi connectivity index (χ2n) is 3.82. The molecule has 0 aliphatic rings. The Morgan fingerprint density at radius 3 is 2.81 bits per heavy atom. The zero-order valence-corrected chi connectivity index (χ0v) is 11.9. The molecule has 1 aromatic rings. The van der Waals surface area contributed by atoms with Crippen molar-refractivity contribution in [2.75, 3.05) is 5.75 Å². The number of thioether (sulfide) groups is 1. The molecular weight excluding hydrogens is 289 g/mol. The summed E-state index contributed by atoms with van der Waals surface area (Å²) in [5.41, 5.74) is 6.57. The number of benzene rings is 1. The summed E-state index contributed by atoms with van der Waals surface area (Å²) in [6, 6.07) is 4.66. The van der Waals surface area contributed by atoms with Gasteiger partial charge in [-0.2, -0.15) is 11.8 Å². The van der Waals surface area contributed by atoms with Crippen LogP contribution in [0.5, 0.6) is 0 Å². The molecule has 0 saturated heterocycles. The van der Waals surface area contributed by atoms with Gasteiger partial charge >= 0.3 is 0 Å². The molecule has 1 nitrogen and oxygen atoms in total. The Bertz CT molecular complexity index is 346. The molecule has 0 aliphatic heterocycles. The Balaban J connectivity index is 2.65. The first kappa shape index (κ1) is 14.0. The quantitative estimate of drug-likeness (QED) is 0.885. The highest BCUT2D eigenvalue weighted by Gasteiger charge is 2.13. The van der Waals surface area contributed by atoms with Crippen LogP contribution in [-0.2, 0) is 0 Å². The Labute approximate surface area is 109 Å². The zero-order chi connectivity index (χ0) is 12.1. The van der Waals surface area contributed by atoms with Crippen molar-refractivity contribution in [1.29, 1.82) is 0 Å². The lowest BCUT2D eigenvalue weighted by Gasteiger charge is -2.15. The molecule has 1 aromatic carbocycles. The van der Waals surface area contributed by atoms with Crippen molar-refractivity contribution >= 4 is 27.7 Å². The normalized spacial score (nSPS) is 14.8. The van der Waals surface area contributed by atoms with Crippen LogP contribution in [0.1, 0.15) is 31.9 Å².